The van der Waals surface area contributed by atoms with Crippen molar-refractivity contribution in [3.8, 4) is 0 Å². The number of halogens is 2. The van der Waals surface area contributed by atoms with Gasteiger partial charge in [-0.2, -0.15) is 0 Å². The summed E-state index contributed by atoms with van der Waals surface area (Å²) in [5.74, 6) is -2.47. The molecule has 3 amide bonds. The molecule has 9 heteroatoms. The van der Waals surface area contributed by atoms with Crippen LogP contribution in [0.1, 0.15) is 37.7 Å². The van der Waals surface area contributed by atoms with Crippen LogP contribution in [0.5, 0.6) is 0 Å². The fourth-order valence-corrected chi connectivity index (χ4v) is 7.12. The molecule has 2 saturated heterocycles. The van der Waals surface area contributed by atoms with Gasteiger partial charge in [-0.3, -0.25) is 14.4 Å². The fourth-order valence-electron chi connectivity index (χ4n) is 6.60. The molecule has 4 aliphatic rings. The lowest BCUT2D eigenvalue weighted by Gasteiger charge is -2.34. The van der Waals surface area contributed by atoms with Crippen LogP contribution in [0.3, 0.4) is 0 Å². The van der Waals surface area contributed by atoms with E-state index < -0.39 is 29.6 Å². The number of nitrogens with zero attached hydrogens (tertiary/aromatic N) is 1. The van der Waals surface area contributed by atoms with Gasteiger partial charge < -0.3 is 20.3 Å². The number of carbonyl (C=O) groups is 3. The Kier molecular flexibility index (Phi) is 6.70. The van der Waals surface area contributed by atoms with Crippen LogP contribution in [0, 0.1) is 11.8 Å². The molecule has 6 rings (SSSR count). The number of anilines is 1. The van der Waals surface area contributed by atoms with Crippen molar-refractivity contribution in [3.05, 3.63) is 76.3 Å². The van der Waals surface area contributed by atoms with Crippen LogP contribution in [-0.4, -0.2) is 46.4 Å². The van der Waals surface area contributed by atoms with Gasteiger partial charge >= 0.3 is 0 Å². The Labute approximate surface area is 231 Å². The van der Waals surface area contributed by atoms with Crippen molar-refractivity contribution in [2.45, 2.75) is 62.4 Å². The molecule has 2 bridgehead atoms. The molecule has 1 saturated carbocycles. The number of benzene rings is 2. The molecule has 7 nitrogen and oxygen atoms in total. The molecule has 0 radical (unpaired) electrons. The highest BCUT2D eigenvalue weighted by Gasteiger charge is 2.72. The van der Waals surface area contributed by atoms with Crippen molar-refractivity contribution in [3.63, 3.8) is 0 Å². The Bertz CT molecular complexity index is 1280. The lowest BCUT2D eigenvalue weighted by atomic mass is 9.74. The number of hydrogen-bond acceptors (Lipinski definition) is 4. The molecule has 2 aromatic rings. The van der Waals surface area contributed by atoms with Crippen molar-refractivity contribution in [1.29, 1.82) is 0 Å². The monoisotopic (exact) mass is 553 g/mol. The summed E-state index contributed by atoms with van der Waals surface area (Å²) in [6.45, 7) is 0.251. The van der Waals surface area contributed by atoms with Crippen LogP contribution in [0.4, 0.5) is 5.69 Å². The van der Waals surface area contributed by atoms with Crippen LogP contribution in [0.15, 0.2) is 60.7 Å². The Hall–Kier alpha value is -2.87. The maximum atomic E-state index is 14.1. The van der Waals surface area contributed by atoms with Crippen molar-refractivity contribution in [2.24, 2.45) is 11.8 Å². The van der Waals surface area contributed by atoms with Gasteiger partial charge in [0.05, 0.1) is 17.9 Å². The van der Waals surface area contributed by atoms with Gasteiger partial charge in [-0.15, -0.1) is 0 Å². The predicted octanol–water partition coefficient (Wildman–Crippen LogP) is 4.73. The first-order valence-electron chi connectivity index (χ1n) is 13.1. The average Bonchev–Trinajstić information content (AvgIpc) is 3.52. The summed E-state index contributed by atoms with van der Waals surface area (Å²) < 4.78 is 6.42. The van der Waals surface area contributed by atoms with E-state index >= 15 is 0 Å². The first-order valence-corrected chi connectivity index (χ1v) is 13.9. The number of nitrogens with one attached hydrogen (secondary N) is 2. The largest absolute Gasteiger partial charge is 0.359 e. The van der Waals surface area contributed by atoms with Gasteiger partial charge in [-0.1, -0.05) is 84.9 Å². The van der Waals surface area contributed by atoms with Gasteiger partial charge in [-0.25, -0.2) is 0 Å². The van der Waals surface area contributed by atoms with Gasteiger partial charge in [0.25, 0.3) is 0 Å². The number of hydrogen-bond donors (Lipinski definition) is 2. The fraction of sp³-hybridized carbons (Fsp3) is 0.414. The van der Waals surface area contributed by atoms with E-state index in [0.29, 0.717) is 15.7 Å². The molecule has 3 aliphatic heterocycles. The van der Waals surface area contributed by atoms with Crippen LogP contribution >= 0.6 is 23.2 Å². The van der Waals surface area contributed by atoms with Crippen molar-refractivity contribution < 1.29 is 19.1 Å². The zero-order chi connectivity index (χ0) is 26.4. The zero-order valence-corrected chi connectivity index (χ0v) is 22.3. The Morgan fingerprint density at radius 3 is 2.42 bits per heavy atom. The van der Waals surface area contributed by atoms with Gasteiger partial charge in [0, 0.05) is 28.3 Å². The van der Waals surface area contributed by atoms with E-state index in [-0.39, 0.29) is 30.3 Å². The zero-order valence-electron chi connectivity index (χ0n) is 20.7. The third kappa shape index (κ3) is 4.40. The minimum Gasteiger partial charge on any atom is -0.359 e. The third-order valence-electron chi connectivity index (χ3n) is 8.20. The lowest BCUT2D eigenvalue weighted by Crippen LogP contribution is -2.56. The molecule has 198 valence electrons. The normalized spacial score (nSPS) is 29.9. The topological polar surface area (TPSA) is 87.7 Å². The second-order valence-electron chi connectivity index (χ2n) is 10.6. The average molecular weight is 554 g/mol. The number of carbonyl (C=O) groups excluding carboxylic acids is 3. The standard InChI is InChI=1S/C29H29Cl2N3O4/c30-18-13-19(31)15-21(14-18)33-26(35)23-22-11-12-29(38-22)24(23)28(37)34(16-17-7-3-1-4-8-17)25(29)27(36)32-20-9-5-2-6-10-20/h1,3-4,7-8,11-15,20,22-25H,2,5-6,9-10,16H2,(H,32,36)(H,33,35)/t22-,23-,24-,25+,29-/m0/s1. The van der Waals surface area contributed by atoms with Crippen LogP contribution < -0.4 is 10.6 Å². The summed E-state index contributed by atoms with van der Waals surface area (Å²) in [4.78, 5) is 43.1. The van der Waals surface area contributed by atoms with E-state index in [1.165, 1.54) is 6.42 Å². The Balaban J connectivity index is 1.32. The molecule has 1 aliphatic carbocycles. The molecular formula is C29H29Cl2N3O4. The quantitative estimate of drug-likeness (QED) is 0.506. The molecule has 3 fully saturated rings. The van der Waals surface area contributed by atoms with E-state index in [1.54, 1.807) is 23.1 Å². The summed E-state index contributed by atoms with van der Waals surface area (Å²) in [5, 5.41) is 6.84. The van der Waals surface area contributed by atoms with E-state index in [9.17, 15) is 14.4 Å². The molecular weight excluding hydrogens is 525 g/mol. The maximum Gasteiger partial charge on any atom is 0.246 e. The van der Waals surface area contributed by atoms with Gasteiger partial charge in [0.1, 0.15) is 11.6 Å². The first-order chi connectivity index (χ1) is 18.4. The molecule has 0 aromatic heterocycles. The maximum absolute atomic E-state index is 14.1. The SMILES string of the molecule is O=C(Nc1cc(Cl)cc(Cl)c1)[C@H]1[C@@H]2C=C[C@]3(O2)[C@@H]1C(=O)N(Cc1ccccc1)[C@@H]3C(=O)NC1CCCCC1. The van der Waals surface area contributed by atoms with E-state index in [4.69, 9.17) is 27.9 Å². The van der Waals surface area contributed by atoms with Crippen molar-refractivity contribution in [1.82, 2.24) is 10.2 Å². The number of likely N-dealkylation sites (tertiary alicyclic amines) is 1. The van der Waals surface area contributed by atoms with Gasteiger partial charge in [-0.05, 0) is 36.6 Å². The van der Waals surface area contributed by atoms with Gasteiger partial charge in [0.15, 0.2) is 0 Å². The first kappa shape index (κ1) is 25.4. The number of ether oxygens (including phenoxy) is 1. The molecule has 3 heterocycles. The van der Waals surface area contributed by atoms with Crippen molar-refractivity contribution in [2.75, 3.05) is 5.32 Å². The second kappa shape index (κ2) is 10.0. The lowest BCUT2D eigenvalue weighted by molar-refractivity contribution is -0.142. The third-order valence-corrected chi connectivity index (χ3v) is 8.64. The van der Waals surface area contributed by atoms with Crippen LogP contribution in [0.2, 0.25) is 10.0 Å². The van der Waals surface area contributed by atoms with Gasteiger partial charge in [0.2, 0.25) is 17.7 Å². The van der Waals surface area contributed by atoms with E-state index in [1.807, 2.05) is 42.5 Å². The molecule has 38 heavy (non-hydrogen) atoms. The molecule has 2 aromatic carbocycles. The minimum atomic E-state index is -1.21. The summed E-state index contributed by atoms with van der Waals surface area (Å²) in [7, 11) is 0. The highest BCUT2D eigenvalue weighted by atomic mass is 35.5. The molecule has 0 unspecified atom stereocenters. The van der Waals surface area contributed by atoms with E-state index in [0.717, 1.165) is 31.2 Å². The second-order valence-corrected chi connectivity index (χ2v) is 11.5. The molecule has 2 N–H and O–H groups in total. The molecule has 5 atom stereocenters. The highest BCUT2D eigenvalue weighted by molar-refractivity contribution is 6.35. The smallest absolute Gasteiger partial charge is 0.246 e. The molecule has 1 spiro atoms. The van der Waals surface area contributed by atoms with Crippen LogP contribution in [0.25, 0.3) is 0 Å². The summed E-state index contributed by atoms with van der Waals surface area (Å²) >= 11 is 12.2. The predicted molar refractivity (Wildman–Crippen MR) is 145 cm³/mol. The minimum absolute atomic E-state index is 0.0784. The summed E-state index contributed by atoms with van der Waals surface area (Å²) in [6.07, 6.45) is 8.20. The van der Waals surface area contributed by atoms with Crippen molar-refractivity contribution >= 4 is 46.6 Å². The number of rotatable bonds is 6. The highest BCUT2D eigenvalue weighted by Crippen LogP contribution is 2.55. The van der Waals surface area contributed by atoms with Crippen LogP contribution in [-0.2, 0) is 25.7 Å². The summed E-state index contributed by atoms with van der Waals surface area (Å²) in [6, 6.07) is 13.6. The Morgan fingerprint density at radius 1 is 1.00 bits per heavy atom. The number of amides is 3. The Morgan fingerprint density at radius 2 is 1.71 bits per heavy atom. The summed E-state index contributed by atoms with van der Waals surface area (Å²) in [5.41, 5.74) is 0.135. The van der Waals surface area contributed by atoms with E-state index in [2.05, 4.69) is 10.6 Å². The number of fused-ring (bicyclic) bond motifs is 1.